The molecule has 1 N–H and O–H groups in total. The van der Waals surface area contributed by atoms with Crippen LogP contribution in [0, 0.1) is 23.7 Å². The van der Waals surface area contributed by atoms with Crippen molar-refractivity contribution in [2.75, 3.05) is 26.7 Å². The number of aromatic nitrogens is 1. The highest BCUT2D eigenvalue weighted by Crippen LogP contribution is 2.34. The normalized spacial score (nSPS) is 23.1. The summed E-state index contributed by atoms with van der Waals surface area (Å²) in [5.74, 6) is 7.07. The molecular weight excluding hydrogens is 450 g/mol. The quantitative estimate of drug-likeness (QED) is 0.637. The second kappa shape index (κ2) is 10.4. The molecule has 0 radical (unpaired) electrons. The number of pyridine rings is 1. The maximum Gasteiger partial charge on any atom is 0.247 e. The SMILES string of the molecule is C[C@H](CO)N1C[C@H](C)[C@@H](CN(C)Cc2cccnc2)Oc2cc(C#CC3CC3)ccc2S1(=O)=O. The Hall–Kier alpha value is -2.44. The van der Waals surface area contributed by atoms with Crippen molar-refractivity contribution in [1.82, 2.24) is 14.2 Å². The van der Waals surface area contributed by atoms with Crippen LogP contribution in [0.25, 0.3) is 0 Å². The highest BCUT2D eigenvalue weighted by molar-refractivity contribution is 7.89. The summed E-state index contributed by atoms with van der Waals surface area (Å²) in [7, 11) is -1.83. The number of rotatable bonds is 6. The first-order valence-electron chi connectivity index (χ1n) is 11.8. The first-order valence-corrected chi connectivity index (χ1v) is 13.2. The standard InChI is InChI=1S/C26H33N3O4S/c1-19-15-29(20(2)18-30)34(31,32)26-11-10-22(9-8-21-6-7-21)13-24(26)33-25(19)17-28(3)16-23-5-4-12-27-14-23/h4-5,10-14,19-21,25,30H,6-7,15-18H2,1-3H3/t19-,20+,25+/m0/s1. The van der Waals surface area contributed by atoms with Gasteiger partial charge in [0.2, 0.25) is 10.0 Å². The molecule has 0 unspecified atom stereocenters. The Labute approximate surface area is 202 Å². The Balaban J connectivity index is 1.66. The summed E-state index contributed by atoms with van der Waals surface area (Å²) in [6.45, 7) is 5.04. The molecule has 1 saturated carbocycles. The third kappa shape index (κ3) is 5.78. The number of hydrogen-bond donors (Lipinski definition) is 1. The fourth-order valence-electron chi connectivity index (χ4n) is 4.11. The molecule has 4 rings (SSSR count). The van der Waals surface area contributed by atoms with E-state index in [1.54, 1.807) is 31.3 Å². The first-order chi connectivity index (χ1) is 16.3. The van der Waals surface area contributed by atoms with E-state index in [1.165, 1.54) is 4.31 Å². The molecule has 2 heterocycles. The van der Waals surface area contributed by atoms with E-state index >= 15 is 0 Å². The predicted octanol–water partition coefficient (Wildman–Crippen LogP) is 2.74. The van der Waals surface area contributed by atoms with Crippen molar-refractivity contribution in [3.63, 3.8) is 0 Å². The number of sulfonamides is 1. The fourth-order valence-corrected chi connectivity index (χ4v) is 5.94. The van der Waals surface area contributed by atoms with Crippen LogP contribution >= 0.6 is 0 Å². The molecule has 34 heavy (non-hydrogen) atoms. The minimum Gasteiger partial charge on any atom is -0.487 e. The Morgan fingerprint density at radius 1 is 1.32 bits per heavy atom. The van der Waals surface area contributed by atoms with Gasteiger partial charge in [0.25, 0.3) is 0 Å². The van der Waals surface area contributed by atoms with Crippen molar-refractivity contribution < 1.29 is 18.3 Å². The van der Waals surface area contributed by atoms with Gasteiger partial charge in [0.15, 0.2) is 0 Å². The molecule has 0 saturated heterocycles. The molecule has 182 valence electrons. The predicted molar refractivity (Wildman–Crippen MR) is 131 cm³/mol. The number of likely N-dealkylation sites (N-methyl/N-ethyl adjacent to an activating group) is 1. The zero-order chi connectivity index (χ0) is 24.3. The lowest BCUT2D eigenvalue weighted by atomic mass is 10.0. The number of aliphatic hydroxyl groups is 1. The number of ether oxygens (including phenoxy) is 1. The summed E-state index contributed by atoms with van der Waals surface area (Å²) >= 11 is 0. The van der Waals surface area contributed by atoms with Crippen molar-refractivity contribution >= 4 is 10.0 Å². The molecule has 1 aliphatic carbocycles. The third-order valence-electron chi connectivity index (χ3n) is 6.33. The zero-order valence-electron chi connectivity index (χ0n) is 20.0. The number of hydrogen-bond acceptors (Lipinski definition) is 6. The van der Waals surface area contributed by atoms with E-state index in [-0.39, 0.29) is 30.1 Å². The Morgan fingerprint density at radius 3 is 2.79 bits per heavy atom. The van der Waals surface area contributed by atoms with E-state index in [9.17, 15) is 13.5 Å². The van der Waals surface area contributed by atoms with Crippen molar-refractivity contribution in [2.24, 2.45) is 11.8 Å². The maximum absolute atomic E-state index is 13.6. The van der Waals surface area contributed by atoms with Crippen molar-refractivity contribution in [1.29, 1.82) is 0 Å². The van der Waals surface area contributed by atoms with Crippen LogP contribution in [0.1, 0.15) is 37.8 Å². The second-order valence-corrected chi connectivity index (χ2v) is 11.4. The lowest BCUT2D eigenvalue weighted by Crippen LogP contribution is -2.49. The molecule has 1 aromatic carbocycles. The highest BCUT2D eigenvalue weighted by Gasteiger charge is 2.38. The van der Waals surface area contributed by atoms with E-state index in [0.29, 0.717) is 24.8 Å². The smallest absolute Gasteiger partial charge is 0.247 e. The summed E-state index contributed by atoms with van der Waals surface area (Å²) in [5.41, 5.74) is 1.85. The second-order valence-electron chi connectivity index (χ2n) is 9.50. The largest absolute Gasteiger partial charge is 0.487 e. The van der Waals surface area contributed by atoms with Crippen LogP contribution in [-0.2, 0) is 16.6 Å². The van der Waals surface area contributed by atoms with Crippen LogP contribution < -0.4 is 4.74 Å². The van der Waals surface area contributed by atoms with E-state index < -0.39 is 16.1 Å². The van der Waals surface area contributed by atoms with Gasteiger partial charge in [0.05, 0.1) is 6.61 Å². The van der Waals surface area contributed by atoms with Gasteiger partial charge in [-0.05, 0) is 56.6 Å². The summed E-state index contributed by atoms with van der Waals surface area (Å²) < 4.78 is 35.0. The lowest BCUT2D eigenvalue weighted by molar-refractivity contribution is 0.0733. The van der Waals surface area contributed by atoms with Crippen molar-refractivity contribution in [3.05, 3.63) is 53.9 Å². The van der Waals surface area contributed by atoms with Gasteiger partial charge in [-0.1, -0.05) is 24.8 Å². The number of fused-ring (bicyclic) bond motifs is 1. The summed E-state index contributed by atoms with van der Waals surface area (Å²) in [6.07, 6.45) is 5.59. The average molecular weight is 484 g/mol. The van der Waals surface area contributed by atoms with Gasteiger partial charge in [0, 0.05) is 55.5 Å². The number of benzene rings is 1. The van der Waals surface area contributed by atoms with Gasteiger partial charge < -0.3 is 9.84 Å². The molecule has 2 aliphatic rings. The van der Waals surface area contributed by atoms with E-state index in [4.69, 9.17) is 4.74 Å². The minimum atomic E-state index is -3.84. The van der Waals surface area contributed by atoms with Crippen LogP contribution in [0.15, 0.2) is 47.6 Å². The molecule has 8 heteroatoms. The molecular formula is C26H33N3O4S. The van der Waals surface area contributed by atoms with Crippen molar-refractivity contribution in [2.45, 2.75) is 50.3 Å². The lowest BCUT2D eigenvalue weighted by Gasteiger charge is -2.37. The average Bonchev–Trinajstić information content (AvgIpc) is 3.64. The van der Waals surface area contributed by atoms with Crippen LogP contribution in [0.3, 0.4) is 0 Å². The van der Waals surface area contributed by atoms with Gasteiger partial charge in [-0.3, -0.25) is 9.88 Å². The van der Waals surface area contributed by atoms with Crippen molar-refractivity contribution in [3.8, 4) is 17.6 Å². The zero-order valence-corrected chi connectivity index (χ0v) is 20.8. The number of aliphatic hydroxyl groups excluding tert-OH is 1. The van der Waals surface area contributed by atoms with Gasteiger partial charge in [-0.2, -0.15) is 4.31 Å². The molecule has 7 nitrogen and oxygen atoms in total. The molecule has 1 fully saturated rings. The molecule has 0 spiro atoms. The maximum atomic E-state index is 13.6. The molecule has 2 aromatic rings. The molecule has 3 atom stereocenters. The van der Waals surface area contributed by atoms with Gasteiger partial charge in [0.1, 0.15) is 16.7 Å². The van der Waals surface area contributed by atoms with Crippen LogP contribution in [-0.4, -0.2) is 66.6 Å². The summed E-state index contributed by atoms with van der Waals surface area (Å²) in [4.78, 5) is 6.47. The Morgan fingerprint density at radius 2 is 2.12 bits per heavy atom. The topological polar surface area (TPSA) is 83.0 Å². The molecule has 1 aliphatic heterocycles. The van der Waals surface area contributed by atoms with Gasteiger partial charge in [-0.25, -0.2) is 8.42 Å². The third-order valence-corrected chi connectivity index (χ3v) is 8.35. The van der Waals surface area contributed by atoms with Gasteiger partial charge in [-0.15, -0.1) is 0 Å². The van der Waals surface area contributed by atoms with Crippen LogP contribution in [0.2, 0.25) is 0 Å². The molecule has 0 bridgehead atoms. The minimum absolute atomic E-state index is 0.102. The van der Waals surface area contributed by atoms with E-state index in [0.717, 1.165) is 24.0 Å². The number of nitrogens with zero attached hydrogens (tertiary/aromatic N) is 3. The van der Waals surface area contributed by atoms with Gasteiger partial charge >= 0.3 is 0 Å². The first kappa shape index (κ1) is 24.7. The molecule has 0 amide bonds. The van der Waals surface area contributed by atoms with Crippen LogP contribution in [0.4, 0.5) is 0 Å². The summed E-state index contributed by atoms with van der Waals surface area (Å²) in [6, 6.07) is 8.48. The Bertz CT molecular complexity index is 1160. The fraction of sp³-hybridized carbons (Fsp3) is 0.500. The highest BCUT2D eigenvalue weighted by atomic mass is 32.2. The molecule has 1 aromatic heterocycles. The summed E-state index contributed by atoms with van der Waals surface area (Å²) in [5, 5.41) is 9.79. The Kier molecular flexibility index (Phi) is 7.58. The van der Waals surface area contributed by atoms with E-state index in [2.05, 4.69) is 21.7 Å². The van der Waals surface area contributed by atoms with Crippen LogP contribution in [0.5, 0.6) is 5.75 Å². The monoisotopic (exact) mass is 483 g/mol. The van der Waals surface area contributed by atoms with E-state index in [1.807, 2.05) is 32.3 Å².